The number of pyridine rings is 1. The molecule has 0 atom stereocenters. The molecule has 0 spiro atoms. The first-order valence-corrected chi connectivity index (χ1v) is 6.43. The minimum Gasteiger partial charge on any atom is -0.478 e. The van der Waals surface area contributed by atoms with Crippen molar-refractivity contribution >= 4 is 17.7 Å². The lowest BCUT2D eigenvalue weighted by molar-refractivity contribution is 0.0691. The van der Waals surface area contributed by atoms with E-state index in [1.807, 2.05) is 32.0 Å². The molecule has 0 fully saturated rings. The Labute approximate surface area is 114 Å². The van der Waals surface area contributed by atoms with Crippen molar-refractivity contribution in [1.29, 1.82) is 0 Å². The number of carbonyl (C=O) groups is 1. The molecule has 0 saturated heterocycles. The minimum absolute atomic E-state index is 0.120. The minimum atomic E-state index is -1.18. The van der Waals surface area contributed by atoms with Gasteiger partial charge in [-0.1, -0.05) is 23.9 Å². The number of aromatic nitrogens is 1. The normalized spacial score (nSPS) is 10.5. The van der Waals surface area contributed by atoms with Gasteiger partial charge >= 0.3 is 5.97 Å². The van der Waals surface area contributed by atoms with E-state index in [1.165, 1.54) is 11.8 Å². The Bertz CT molecular complexity index is 643. The summed E-state index contributed by atoms with van der Waals surface area (Å²) in [5.41, 5.74) is 1.98. The van der Waals surface area contributed by atoms with E-state index >= 15 is 0 Å². The number of hydrogen-bond acceptors (Lipinski definition) is 3. The highest BCUT2D eigenvalue weighted by atomic mass is 32.2. The maximum atomic E-state index is 13.1. The van der Waals surface area contributed by atoms with Crippen molar-refractivity contribution in [2.45, 2.75) is 23.8 Å². The van der Waals surface area contributed by atoms with E-state index in [4.69, 9.17) is 5.11 Å². The van der Waals surface area contributed by atoms with Gasteiger partial charge in [0.05, 0.1) is 11.8 Å². The second-order valence-electron chi connectivity index (χ2n) is 4.18. The molecule has 1 aromatic heterocycles. The number of benzene rings is 1. The van der Waals surface area contributed by atoms with E-state index in [0.717, 1.165) is 28.3 Å². The van der Waals surface area contributed by atoms with E-state index in [0.29, 0.717) is 5.03 Å². The maximum Gasteiger partial charge on any atom is 0.338 e. The molecule has 0 amide bonds. The second-order valence-corrected chi connectivity index (χ2v) is 5.21. The molecule has 0 aliphatic rings. The van der Waals surface area contributed by atoms with Crippen LogP contribution in [0.4, 0.5) is 4.39 Å². The number of nitrogens with zero attached hydrogens (tertiary/aromatic N) is 1. The molecular formula is C14H12FNO2S. The fraction of sp³-hybridized carbons (Fsp3) is 0.143. The summed E-state index contributed by atoms with van der Waals surface area (Å²) in [6, 6.07) is 6.89. The van der Waals surface area contributed by atoms with E-state index in [9.17, 15) is 9.18 Å². The van der Waals surface area contributed by atoms with Crippen LogP contribution in [0.1, 0.15) is 21.5 Å². The van der Waals surface area contributed by atoms with Crippen LogP contribution in [-0.2, 0) is 0 Å². The van der Waals surface area contributed by atoms with Crippen LogP contribution >= 0.6 is 11.8 Å². The summed E-state index contributed by atoms with van der Waals surface area (Å²) >= 11 is 1.23. The zero-order valence-electron chi connectivity index (χ0n) is 10.5. The zero-order chi connectivity index (χ0) is 14.0. The first kappa shape index (κ1) is 13.5. The monoisotopic (exact) mass is 277 g/mol. The van der Waals surface area contributed by atoms with Crippen molar-refractivity contribution in [3.8, 4) is 0 Å². The average molecular weight is 277 g/mol. The third-order valence-electron chi connectivity index (χ3n) is 2.60. The highest BCUT2D eigenvalue weighted by Gasteiger charge is 2.15. The molecule has 0 saturated carbocycles. The lowest BCUT2D eigenvalue weighted by Crippen LogP contribution is -2.02. The largest absolute Gasteiger partial charge is 0.478 e. The van der Waals surface area contributed by atoms with E-state index < -0.39 is 11.8 Å². The van der Waals surface area contributed by atoms with Gasteiger partial charge in [-0.05, 0) is 37.1 Å². The van der Waals surface area contributed by atoms with Crippen molar-refractivity contribution in [2.75, 3.05) is 0 Å². The number of hydrogen-bond donors (Lipinski definition) is 1. The van der Waals surface area contributed by atoms with Gasteiger partial charge in [0.2, 0.25) is 0 Å². The van der Waals surface area contributed by atoms with Crippen LogP contribution in [0.2, 0.25) is 0 Å². The first-order chi connectivity index (χ1) is 8.97. The maximum absolute atomic E-state index is 13.1. The van der Waals surface area contributed by atoms with Crippen LogP contribution in [-0.4, -0.2) is 16.1 Å². The molecule has 0 unspecified atom stereocenters. The summed E-state index contributed by atoms with van der Waals surface area (Å²) < 4.78 is 13.1. The van der Waals surface area contributed by atoms with Gasteiger partial charge in [-0.3, -0.25) is 0 Å². The van der Waals surface area contributed by atoms with Gasteiger partial charge in [0.15, 0.2) is 0 Å². The lowest BCUT2D eigenvalue weighted by Gasteiger charge is -2.08. The number of halogens is 1. The van der Waals surface area contributed by atoms with Gasteiger partial charge in [0, 0.05) is 4.90 Å². The molecule has 3 nitrogen and oxygen atoms in total. The second kappa shape index (κ2) is 5.40. The van der Waals surface area contributed by atoms with Gasteiger partial charge in [0.25, 0.3) is 0 Å². The number of aryl methyl sites for hydroxylation is 2. The highest BCUT2D eigenvalue weighted by molar-refractivity contribution is 7.99. The Morgan fingerprint density at radius 3 is 2.74 bits per heavy atom. The van der Waals surface area contributed by atoms with Crippen molar-refractivity contribution in [2.24, 2.45) is 0 Å². The van der Waals surface area contributed by atoms with E-state index in [2.05, 4.69) is 4.98 Å². The van der Waals surface area contributed by atoms with Gasteiger partial charge in [-0.2, -0.15) is 0 Å². The zero-order valence-corrected chi connectivity index (χ0v) is 11.3. The highest BCUT2D eigenvalue weighted by Crippen LogP contribution is 2.32. The smallest absolute Gasteiger partial charge is 0.338 e. The fourth-order valence-electron chi connectivity index (χ4n) is 1.58. The molecule has 1 aromatic carbocycles. The third kappa shape index (κ3) is 3.12. The van der Waals surface area contributed by atoms with Crippen molar-refractivity contribution < 1.29 is 14.3 Å². The van der Waals surface area contributed by atoms with Crippen molar-refractivity contribution in [3.63, 3.8) is 0 Å². The van der Waals surface area contributed by atoms with Crippen LogP contribution < -0.4 is 0 Å². The predicted molar refractivity (Wildman–Crippen MR) is 71.2 cm³/mol. The van der Waals surface area contributed by atoms with Crippen molar-refractivity contribution in [3.05, 3.63) is 53.0 Å². The molecule has 98 valence electrons. The average Bonchev–Trinajstić information content (AvgIpc) is 2.35. The van der Waals surface area contributed by atoms with Gasteiger partial charge < -0.3 is 5.11 Å². The summed E-state index contributed by atoms with van der Waals surface area (Å²) in [6.45, 7) is 3.89. The van der Waals surface area contributed by atoms with Crippen LogP contribution in [0.25, 0.3) is 0 Å². The molecule has 0 radical (unpaired) electrons. The van der Waals surface area contributed by atoms with E-state index in [1.54, 1.807) is 0 Å². The summed E-state index contributed by atoms with van der Waals surface area (Å²) in [5, 5.41) is 9.37. The SMILES string of the molecule is Cc1ccc(C)c(Sc2ncc(F)cc2C(=O)O)c1. The molecule has 0 bridgehead atoms. The summed E-state index contributed by atoms with van der Waals surface area (Å²) in [6.07, 6.45) is 1.03. The van der Waals surface area contributed by atoms with Crippen LogP contribution in [0.5, 0.6) is 0 Å². The molecule has 0 aliphatic heterocycles. The molecule has 2 rings (SSSR count). The Kier molecular flexibility index (Phi) is 3.85. The number of carboxylic acids is 1. The van der Waals surface area contributed by atoms with Crippen LogP contribution in [0.15, 0.2) is 40.4 Å². The van der Waals surface area contributed by atoms with Gasteiger partial charge in [-0.25, -0.2) is 14.2 Å². The Hall–Kier alpha value is -1.88. The third-order valence-corrected chi connectivity index (χ3v) is 3.78. The summed E-state index contributed by atoms with van der Waals surface area (Å²) in [4.78, 5) is 15.9. The quantitative estimate of drug-likeness (QED) is 0.929. The molecular weight excluding hydrogens is 265 g/mol. The number of rotatable bonds is 3. The Morgan fingerprint density at radius 1 is 1.32 bits per heavy atom. The van der Waals surface area contributed by atoms with Crippen LogP contribution in [0.3, 0.4) is 0 Å². The standard InChI is InChI=1S/C14H12FNO2S/c1-8-3-4-9(2)12(5-8)19-13-11(14(17)18)6-10(15)7-16-13/h3-7H,1-2H3,(H,17,18). The molecule has 19 heavy (non-hydrogen) atoms. The van der Waals surface area contributed by atoms with Crippen LogP contribution in [0, 0.1) is 19.7 Å². The molecule has 2 aromatic rings. The van der Waals surface area contributed by atoms with Gasteiger partial charge in [0.1, 0.15) is 10.8 Å². The number of aromatic carboxylic acids is 1. The molecule has 0 aliphatic carbocycles. The Morgan fingerprint density at radius 2 is 2.05 bits per heavy atom. The molecule has 5 heteroatoms. The molecule has 1 N–H and O–H groups in total. The summed E-state index contributed by atoms with van der Waals surface area (Å²) in [7, 11) is 0. The Balaban J connectivity index is 2.43. The fourth-order valence-corrected chi connectivity index (χ4v) is 2.63. The topological polar surface area (TPSA) is 50.2 Å². The number of carboxylic acid groups (broad SMARTS) is 1. The van der Waals surface area contributed by atoms with E-state index in [-0.39, 0.29) is 5.56 Å². The summed E-state index contributed by atoms with van der Waals surface area (Å²) in [5.74, 6) is -1.83. The van der Waals surface area contributed by atoms with Crippen molar-refractivity contribution in [1.82, 2.24) is 4.98 Å². The lowest BCUT2D eigenvalue weighted by atomic mass is 10.2. The molecule has 1 heterocycles. The first-order valence-electron chi connectivity index (χ1n) is 5.61. The van der Waals surface area contributed by atoms with Gasteiger partial charge in [-0.15, -0.1) is 0 Å². The predicted octanol–water partition coefficient (Wildman–Crippen LogP) is 3.69.